The second-order valence-corrected chi connectivity index (χ2v) is 1.80. The number of nitrogens with two attached hydrogens (primary N) is 2. The molecule has 1 atom stereocenters. The van der Waals surface area contributed by atoms with Crippen molar-refractivity contribution in [2.75, 3.05) is 0 Å². The van der Waals surface area contributed by atoms with Gasteiger partial charge in [0.2, 0.25) is 0 Å². The molecule has 60 valence electrons. The summed E-state index contributed by atoms with van der Waals surface area (Å²) in [6.07, 6.45) is -1.21. The van der Waals surface area contributed by atoms with E-state index in [0.717, 1.165) is 0 Å². The lowest BCUT2D eigenvalue weighted by Gasteiger charge is -2.17. The molecule has 0 radical (unpaired) electrons. The van der Waals surface area contributed by atoms with Crippen molar-refractivity contribution >= 4 is 0 Å². The predicted octanol–water partition coefficient (Wildman–Crippen LogP) is -3.26. The van der Waals surface area contributed by atoms with Crippen LogP contribution in [0.25, 0.3) is 0 Å². The third-order valence-corrected chi connectivity index (χ3v) is 0.747. The van der Waals surface area contributed by atoms with Crippen LogP contribution in [0.2, 0.25) is 0 Å². The molecule has 0 fully saturated rings. The molecule has 0 aromatic rings. The molecule has 0 aliphatic carbocycles. The van der Waals surface area contributed by atoms with E-state index in [1.54, 1.807) is 0 Å². The lowest BCUT2D eigenvalue weighted by molar-refractivity contribution is -0.345. The van der Waals surface area contributed by atoms with Crippen molar-refractivity contribution in [2.45, 2.75) is 12.1 Å². The van der Waals surface area contributed by atoms with Gasteiger partial charge in [-0.15, -0.1) is 0 Å². The Morgan fingerprint density at radius 1 is 1.30 bits per heavy atom. The molecule has 0 heterocycles. The Hall–Kier alpha value is -0.820. The Morgan fingerprint density at radius 3 is 1.80 bits per heavy atom. The highest BCUT2D eigenvalue weighted by atomic mass is 16.7. The molecular formula is C4H10N2O4. The molecule has 0 saturated carbocycles. The van der Waals surface area contributed by atoms with Crippen LogP contribution in [0.3, 0.4) is 0 Å². The van der Waals surface area contributed by atoms with Gasteiger partial charge < -0.3 is 31.9 Å². The van der Waals surface area contributed by atoms with Crippen molar-refractivity contribution in [2.24, 2.45) is 11.5 Å². The van der Waals surface area contributed by atoms with Gasteiger partial charge in [-0.3, -0.25) is 0 Å². The van der Waals surface area contributed by atoms with Crippen LogP contribution in [0.5, 0.6) is 0 Å². The zero-order valence-corrected chi connectivity index (χ0v) is 5.10. The zero-order valence-electron chi connectivity index (χ0n) is 5.10. The van der Waals surface area contributed by atoms with E-state index in [2.05, 4.69) is 0 Å². The first-order valence-electron chi connectivity index (χ1n) is 2.42. The van der Waals surface area contributed by atoms with E-state index < -0.39 is 12.1 Å². The maximum Gasteiger partial charge on any atom is 0.306 e. The normalized spacial score (nSPS) is 14.4. The van der Waals surface area contributed by atoms with Crippen LogP contribution in [0, 0.1) is 0 Å². The number of aliphatic hydroxyl groups is 4. The molecule has 0 bridgehead atoms. The first-order valence-corrected chi connectivity index (χ1v) is 2.42. The Bertz CT molecular complexity index is 135. The molecule has 6 heteroatoms. The standard InChI is InChI=1S/C4H10N2O4/c5-3(6)1-2(7)4(8,9)10/h1-2,7-10H,5-6H2. The molecule has 0 rings (SSSR count). The van der Waals surface area contributed by atoms with Gasteiger partial charge in [0.25, 0.3) is 0 Å². The SMILES string of the molecule is NC(N)=CC(O)C(O)(O)O. The summed E-state index contributed by atoms with van der Waals surface area (Å²) in [5.41, 5.74) is 9.67. The molecule has 0 aromatic heterocycles. The smallest absolute Gasteiger partial charge is 0.306 e. The van der Waals surface area contributed by atoms with Crippen LogP contribution in [0.1, 0.15) is 0 Å². The van der Waals surface area contributed by atoms with Gasteiger partial charge in [0.15, 0.2) is 6.10 Å². The van der Waals surface area contributed by atoms with E-state index in [-0.39, 0.29) is 5.82 Å². The number of rotatable bonds is 2. The summed E-state index contributed by atoms with van der Waals surface area (Å²) in [4.78, 5) is 0. The average molecular weight is 150 g/mol. The van der Waals surface area contributed by atoms with E-state index in [9.17, 15) is 0 Å². The largest absolute Gasteiger partial charge is 0.386 e. The summed E-state index contributed by atoms with van der Waals surface area (Å²) in [7, 11) is 0. The second kappa shape index (κ2) is 2.84. The summed E-state index contributed by atoms with van der Waals surface area (Å²) in [6.45, 7) is 0. The predicted molar refractivity (Wildman–Crippen MR) is 31.9 cm³/mol. The van der Waals surface area contributed by atoms with Gasteiger partial charge in [-0.2, -0.15) is 0 Å². The third kappa shape index (κ3) is 3.25. The summed E-state index contributed by atoms with van der Waals surface area (Å²) in [6, 6.07) is 0. The van der Waals surface area contributed by atoms with Crippen LogP contribution in [-0.2, 0) is 0 Å². The molecule has 0 amide bonds. The molecule has 6 nitrogen and oxygen atoms in total. The maximum absolute atomic E-state index is 8.57. The monoisotopic (exact) mass is 150 g/mol. The van der Waals surface area contributed by atoms with E-state index in [1.165, 1.54) is 0 Å². The van der Waals surface area contributed by atoms with Gasteiger partial charge in [0.1, 0.15) is 0 Å². The van der Waals surface area contributed by atoms with E-state index in [4.69, 9.17) is 31.9 Å². The molecule has 0 aliphatic heterocycles. The van der Waals surface area contributed by atoms with Crippen LogP contribution < -0.4 is 11.5 Å². The minimum atomic E-state index is -3.19. The van der Waals surface area contributed by atoms with E-state index in [1.807, 2.05) is 0 Å². The molecule has 0 spiro atoms. The summed E-state index contributed by atoms with van der Waals surface area (Å²) in [5, 5.41) is 33.3. The minimum absolute atomic E-state index is 0.311. The van der Waals surface area contributed by atoms with Gasteiger partial charge in [0.05, 0.1) is 5.82 Å². The fourth-order valence-electron chi connectivity index (χ4n) is 0.294. The minimum Gasteiger partial charge on any atom is -0.386 e. The second-order valence-electron chi connectivity index (χ2n) is 1.80. The van der Waals surface area contributed by atoms with Gasteiger partial charge in [-0.1, -0.05) is 0 Å². The van der Waals surface area contributed by atoms with Crippen molar-refractivity contribution in [1.82, 2.24) is 0 Å². The molecule has 0 aliphatic rings. The topological polar surface area (TPSA) is 133 Å². The third-order valence-electron chi connectivity index (χ3n) is 0.747. The number of aliphatic hydroxyl groups excluding tert-OH is 1. The molecule has 1 unspecified atom stereocenters. The molecule has 0 saturated heterocycles. The highest BCUT2D eigenvalue weighted by Crippen LogP contribution is 2.02. The van der Waals surface area contributed by atoms with Crippen molar-refractivity contribution in [3.05, 3.63) is 11.9 Å². The number of hydrogen-bond donors (Lipinski definition) is 6. The first kappa shape index (κ1) is 9.18. The summed E-state index contributed by atoms with van der Waals surface area (Å²) < 4.78 is 0. The van der Waals surface area contributed by atoms with Crippen LogP contribution in [0.15, 0.2) is 11.9 Å². The first-order chi connectivity index (χ1) is 4.34. The lowest BCUT2D eigenvalue weighted by Crippen LogP contribution is -2.41. The van der Waals surface area contributed by atoms with Gasteiger partial charge in [-0.25, -0.2) is 0 Å². The number of hydrogen-bond acceptors (Lipinski definition) is 6. The van der Waals surface area contributed by atoms with E-state index in [0.29, 0.717) is 6.08 Å². The molecule has 0 aromatic carbocycles. The summed E-state index contributed by atoms with van der Waals surface area (Å²) in [5.74, 6) is -3.50. The van der Waals surface area contributed by atoms with Crippen LogP contribution >= 0.6 is 0 Å². The molecule has 8 N–H and O–H groups in total. The van der Waals surface area contributed by atoms with Crippen molar-refractivity contribution in [3.8, 4) is 0 Å². The highest BCUT2D eigenvalue weighted by Gasteiger charge is 2.28. The van der Waals surface area contributed by atoms with Gasteiger partial charge in [0, 0.05) is 0 Å². The zero-order chi connectivity index (χ0) is 8.36. The molecular weight excluding hydrogens is 140 g/mol. The fourth-order valence-corrected chi connectivity index (χ4v) is 0.294. The van der Waals surface area contributed by atoms with Crippen molar-refractivity contribution < 1.29 is 20.4 Å². The Morgan fingerprint density at radius 2 is 1.70 bits per heavy atom. The maximum atomic E-state index is 8.57. The highest BCUT2D eigenvalue weighted by molar-refractivity contribution is 4.97. The van der Waals surface area contributed by atoms with Gasteiger partial charge >= 0.3 is 5.97 Å². The Kier molecular flexibility index (Phi) is 2.61. The van der Waals surface area contributed by atoms with Crippen molar-refractivity contribution in [1.29, 1.82) is 0 Å². The Labute approximate surface area is 57.0 Å². The van der Waals surface area contributed by atoms with Crippen molar-refractivity contribution in [3.63, 3.8) is 0 Å². The van der Waals surface area contributed by atoms with Gasteiger partial charge in [-0.05, 0) is 6.08 Å². The van der Waals surface area contributed by atoms with E-state index >= 15 is 0 Å². The van der Waals surface area contributed by atoms with Crippen LogP contribution in [0.4, 0.5) is 0 Å². The average Bonchev–Trinajstić information content (AvgIpc) is 1.60. The lowest BCUT2D eigenvalue weighted by atomic mass is 10.3. The Balaban J connectivity index is 4.11. The fraction of sp³-hybridized carbons (Fsp3) is 0.500. The van der Waals surface area contributed by atoms with Crippen LogP contribution in [-0.4, -0.2) is 32.5 Å². The quantitative estimate of drug-likeness (QED) is 0.229. The molecule has 10 heavy (non-hydrogen) atoms. The summed E-state index contributed by atoms with van der Waals surface area (Å²) >= 11 is 0.